The second kappa shape index (κ2) is 7.80. The van der Waals surface area contributed by atoms with Gasteiger partial charge in [0.25, 0.3) is 0 Å². The second-order valence-electron chi connectivity index (χ2n) is 4.44. The molecule has 2 rings (SSSR count). The number of nitrogens with zero attached hydrogens (tertiary/aromatic N) is 2. The Morgan fingerprint density at radius 2 is 2.09 bits per heavy atom. The van der Waals surface area contributed by atoms with Gasteiger partial charge in [0.2, 0.25) is 0 Å². The molecule has 0 radical (unpaired) electrons. The molecular formula is C15H13Cl2N3O3. The van der Waals surface area contributed by atoms with Crippen molar-refractivity contribution in [2.45, 2.75) is 13.0 Å². The number of carbonyl (C=O) groups excluding carboxylic acids is 1. The highest BCUT2D eigenvalue weighted by Gasteiger charge is 2.18. The average Bonchev–Trinajstić information content (AvgIpc) is 2.55. The third-order valence-corrected chi connectivity index (χ3v) is 3.22. The number of rotatable bonds is 5. The van der Waals surface area contributed by atoms with Crippen molar-refractivity contribution in [2.75, 3.05) is 0 Å². The van der Waals surface area contributed by atoms with Gasteiger partial charge in [-0.1, -0.05) is 34.4 Å². The molecule has 8 heteroatoms. The van der Waals surface area contributed by atoms with E-state index in [1.165, 1.54) is 13.0 Å². The second-order valence-corrected chi connectivity index (χ2v) is 5.28. The van der Waals surface area contributed by atoms with E-state index >= 15 is 0 Å². The van der Waals surface area contributed by atoms with Crippen molar-refractivity contribution in [3.63, 3.8) is 0 Å². The van der Waals surface area contributed by atoms with Crippen molar-refractivity contribution in [3.05, 3.63) is 58.3 Å². The van der Waals surface area contributed by atoms with E-state index in [-0.39, 0.29) is 10.9 Å². The van der Waals surface area contributed by atoms with Crippen LogP contribution in [0.5, 0.6) is 5.75 Å². The number of nitrogens with two attached hydrogens (primary N) is 1. The molecule has 1 aromatic carbocycles. The third kappa shape index (κ3) is 4.84. The van der Waals surface area contributed by atoms with Crippen molar-refractivity contribution < 1.29 is 14.4 Å². The molecule has 23 heavy (non-hydrogen) atoms. The Labute approximate surface area is 142 Å². The molecule has 1 heterocycles. The summed E-state index contributed by atoms with van der Waals surface area (Å²) in [4.78, 5) is 20.6. The van der Waals surface area contributed by atoms with Crippen LogP contribution in [0.1, 0.15) is 12.6 Å². The molecule has 6 nitrogen and oxygen atoms in total. The van der Waals surface area contributed by atoms with Crippen molar-refractivity contribution in [1.29, 1.82) is 0 Å². The molecule has 0 saturated heterocycles. The van der Waals surface area contributed by atoms with Crippen molar-refractivity contribution >= 4 is 35.0 Å². The number of hydrogen-bond acceptors (Lipinski definition) is 5. The molecule has 1 atom stereocenters. The molecule has 0 unspecified atom stereocenters. The number of ether oxygens (including phenoxy) is 1. The number of carbonyl (C=O) groups is 1. The maximum atomic E-state index is 11.9. The number of amidine groups is 1. The lowest BCUT2D eigenvalue weighted by molar-refractivity contribution is -0.151. The Bertz CT molecular complexity index is 723. The first-order chi connectivity index (χ1) is 11.0. The number of aromatic nitrogens is 1. The summed E-state index contributed by atoms with van der Waals surface area (Å²) in [6.45, 7) is 1.50. The molecule has 0 bridgehead atoms. The zero-order chi connectivity index (χ0) is 16.8. The monoisotopic (exact) mass is 353 g/mol. The lowest BCUT2D eigenvalue weighted by Gasteiger charge is -2.13. The Kier molecular flexibility index (Phi) is 5.78. The minimum absolute atomic E-state index is 0.0179. The van der Waals surface area contributed by atoms with Gasteiger partial charge in [-0.05, 0) is 37.3 Å². The normalized spacial score (nSPS) is 12.6. The van der Waals surface area contributed by atoms with Crippen molar-refractivity contribution in [3.8, 4) is 5.75 Å². The van der Waals surface area contributed by atoms with Gasteiger partial charge < -0.3 is 15.3 Å². The molecule has 1 aromatic heterocycles. The van der Waals surface area contributed by atoms with Crippen LogP contribution in [-0.4, -0.2) is 22.9 Å². The first-order valence-electron chi connectivity index (χ1n) is 6.55. The Balaban J connectivity index is 1.97. The van der Waals surface area contributed by atoms with Crippen LogP contribution in [0.2, 0.25) is 10.0 Å². The first kappa shape index (κ1) is 17.1. The minimum Gasteiger partial charge on any atom is -0.477 e. The fourth-order valence-electron chi connectivity index (χ4n) is 1.54. The predicted molar refractivity (Wildman–Crippen MR) is 87.6 cm³/mol. The Morgan fingerprint density at radius 3 is 2.74 bits per heavy atom. The highest BCUT2D eigenvalue weighted by molar-refractivity contribution is 6.35. The number of hydrogen-bond donors (Lipinski definition) is 1. The van der Waals surface area contributed by atoms with Gasteiger partial charge in [-0.25, -0.2) is 4.79 Å². The van der Waals surface area contributed by atoms with Gasteiger partial charge in [0.1, 0.15) is 11.4 Å². The van der Waals surface area contributed by atoms with Gasteiger partial charge in [-0.3, -0.25) is 4.98 Å². The van der Waals surface area contributed by atoms with Crippen LogP contribution in [0.15, 0.2) is 47.8 Å². The zero-order valence-electron chi connectivity index (χ0n) is 12.1. The fraction of sp³-hybridized carbons (Fsp3) is 0.133. The summed E-state index contributed by atoms with van der Waals surface area (Å²) in [7, 11) is 0. The van der Waals surface area contributed by atoms with Gasteiger partial charge in [0.05, 0.1) is 5.02 Å². The lowest BCUT2D eigenvalue weighted by atomic mass is 10.3. The summed E-state index contributed by atoms with van der Waals surface area (Å²) in [5.74, 6) is -0.437. The highest BCUT2D eigenvalue weighted by Crippen LogP contribution is 2.28. The molecule has 0 spiro atoms. The fourth-order valence-corrected chi connectivity index (χ4v) is 1.99. The van der Waals surface area contributed by atoms with Gasteiger partial charge in [-0.2, -0.15) is 0 Å². The van der Waals surface area contributed by atoms with Gasteiger partial charge >= 0.3 is 5.97 Å². The summed E-state index contributed by atoms with van der Waals surface area (Å²) in [6, 6.07) is 9.77. The quantitative estimate of drug-likeness (QED) is 0.386. The largest absolute Gasteiger partial charge is 0.477 e. The summed E-state index contributed by atoms with van der Waals surface area (Å²) >= 11 is 11.8. The lowest BCUT2D eigenvalue weighted by Crippen LogP contribution is -2.26. The molecule has 2 aromatic rings. The molecule has 0 amide bonds. The first-order valence-corrected chi connectivity index (χ1v) is 7.30. The summed E-state index contributed by atoms with van der Waals surface area (Å²) in [5, 5.41) is 4.29. The number of halogens is 2. The van der Waals surface area contributed by atoms with Crippen molar-refractivity contribution in [2.24, 2.45) is 10.9 Å². The van der Waals surface area contributed by atoms with E-state index in [1.807, 2.05) is 0 Å². The standard InChI is InChI=1S/C15H13Cl2N3O3/c1-9(22-13-6-5-10(16)8-11(13)17)15(21)23-20-14(18)12-4-2-3-7-19-12/h2-9H,1H3,(H2,18,20)/t9-/m1/s1. The van der Waals surface area contributed by atoms with E-state index in [1.54, 1.807) is 36.5 Å². The van der Waals surface area contributed by atoms with E-state index in [0.717, 1.165) is 0 Å². The van der Waals surface area contributed by atoms with Crippen LogP contribution >= 0.6 is 23.2 Å². The van der Waals surface area contributed by atoms with Crippen LogP contribution in [0.4, 0.5) is 0 Å². The van der Waals surface area contributed by atoms with Crippen LogP contribution in [0.25, 0.3) is 0 Å². The van der Waals surface area contributed by atoms with E-state index in [9.17, 15) is 4.79 Å². The molecule has 0 aliphatic rings. The summed E-state index contributed by atoms with van der Waals surface area (Å²) in [6.07, 6.45) is 0.613. The third-order valence-electron chi connectivity index (χ3n) is 2.69. The van der Waals surface area contributed by atoms with E-state index in [4.69, 9.17) is 38.5 Å². The molecule has 0 fully saturated rings. The molecule has 0 aliphatic heterocycles. The minimum atomic E-state index is -0.936. The highest BCUT2D eigenvalue weighted by atomic mass is 35.5. The van der Waals surface area contributed by atoms with Crippen molar-refractivity contribution in [1.82, 2.24) is 4.98 Å². The van der Waals surface area contributed by atoms with Crippen LogP contribution in [-0.2, 0) is 9.63 Å². The topological polar surface area (TPSA) is 86.8 Å². The van der Waals surface area contributed by atoms with E-state index in [0.29, 0.717) is 16.5 Å². The van der Waals surface area contributed by atoms with Gasteiger partial charge in [-0.15, -0.1) is 0 Å². The SMILES string of the molecule is C[C@@H](Oc1ccc(Cl)cc1Cl)C(=O)O/N=C(/N)c1ccccn1. The molecule has 120 valence electrons. The van der Waals surface area contributed by atoms with Crippen LogP contribution < -0.4 is 10.5 Å². The van der Waals surface area contributed by atoms with Gasteiger partial charge in [0.15, 0.2) is 11.9 Å². The molecule has 2 N–H and O–H groups in total. The summed E-state index contributed by atoms with van der Waals surface area (Å²) < 4.78 is 5.41. The molecular weight excluding hydrogens is 341 g/mol. The maximum Gasteiger partial charge on any atom is 0.374 e. The van der Waals surface area contributed by atoms with E-state index < -0.39 is 12.1 Å². The number of benzene rings is 1. The van der Waals surface area contributed by atoms with Crippen LogP contribution in [0.3, 0.4) is 0 Å². The average molecular weight is 354 g/mol. The smallest absolute Gasteiger partial charge is 0.374 e. The van der Waals surface area contributed by atoms with Gasteiger partial charge in [0, 0.05) is 11.2 Å². The molecule has 0 aliphatic carbocycles. The number of oxime groups is 1. The molecule has 0 saturated carbocycles. The van der Waals surface area contributed by atoms with E-state index in [2.05, 4.69) is 10.1 Å². The summed E-state index contributed by atoms with van der Waals surface area (Å²) in [5.41, 5.74) is 6.07. The Morgan fingerprint density at radius 1 is 1.30 bits per heavy atom. The number of pyridine rings is 1. The van der Waals surface area contributed by atoms with Crippen LogP contribution in [0, 0.1) is 0 Å². The zero-order valence-corrected chi connectivity index (χ0v) is 13.6. The Hall–Kier alpha value is -2.31. The maximum absolute atomic E-state index is 11.9. The predicted octanol–water partition coefficient (Wildman–Crippen LogP) is 3.02.